The lowest BCUT2D eigenvalue weighted by Crippen LogP contribution is -2.20. The third kappa shape index (κ3) is 3.50. The number of pyridine rings is 1. The molecule has 1 amide bonds. The van der Waals surface area contributed by atoms with E-state index in [9.17, 15) is 4.79 Å². The molecule has 80 valence electrons. The van der Waals surface area contributed by atoms with Crippen LogP contribution in [-0.2, 0) is 0 Å². The molecule has 1 aromatic heterocycles. The van der Waals surface area contributed by atoms with Crippen molar-refractivity contribution < 1.29 is 4.79 Å². The van der Waals surface area contributed by atoms with Crippen LogP contribution in [0.25, 0.3) is 0 Å². The number of hydrogen-bond acceptors (Lipinski definition) is 3. The summed E-state index contributed by atoms with van der Waals surface area (Å²) in [7, 11) is 0. The van der Waals surface area contributed by atoms with Gasteiger partial charge in [0.2, 0.25) is 0 Å². The SMILES string of the molecule is C/C(=N\NC(=O)c1cccnc1)C(C)C. The van der Waals surface area contributed by atoms with Gasteiger partial charge in [-0.2, -0.15) is 5.10 Å². The van der Waals surface area contributed by atoms with Crippen LogP contribution in [0.1, 0.15) is 31.1 Å². The van der Waals surface area contributed by atoms with E-state index in [1.807, 2.05) is 20.8 Å². The van der Waals surface area contributed by atoms with Gasteiger partial charge in [-0.05, 0) is 25.0 Å². The number of nitrogens with zero attached hydrogens (tertiary/aromatic N) is 2. The minimum absolute atomic E-state index is 0.233. The van der Waals surface area contributed by atoms with Gasteiger partial charge in [-0.1, -0.05) is 13.8 Å². The summed E-state index contributed by atoms with van der Waals surface area (Å²) in [5.41, 5.74) is 3.90. The molecule has 0 atom stereocenters. The maximum atomic E-state index is 11.5. The van der Waals surface area contributed by atoms with E-state index < -0.39 is 0 Å². The molecule has 4 nitrogen and oxygen atoms in total. The van der Waals surface area contributed by atoms with Crippen LogP contribution in [0.5, 0.6) is 0 Å². The lowest BCUT2D eigenvalue weighted by Gasteiger charge is -2.04. The van der Waals surface area contributed by atoms with Gasteiger partial charge >= 0.3 is 0 Å². The summed E-state index contributed by atoms with van der Waals surface area (Å²) >= 11 is 0. The van der Waals surface area contributed by atoms with Crippen molar-refractivity contribution in [2.75, 3.05) is 0 Å². The lowest BCUT2D eigenvalue weighted by molar-refractivity contribution is 0.0954. The molecule has 0 radical (unpaired) electrons. The average Bonchev–Trinajstić information content (AvgIpc) is 2.26. The molecule has 0 fully saturated rings. The van der Waals surface area contributed by atoms with Crippen LogP contribution in [-0.4, -0.2) is 16.6 Å². The largest absolute Gasteiger partial charge is 0.272 e. The predicted octanol–water partition coefficient (Wildman–Crippen LogP) is 1.84. The van der Waals surface area contributed by atoms with Crippen molar-refractivity contribution in [2.24, 2.45) is 11.0 Å². The molecule has 0 aliphatic rings. The molecule has 0 aliphatic carbocycles. The molecule has 0 bridgehead atoms. The Bertz CT molecular complexity index is 357. The van der Waals surface area contributed by atoms with Crippen LogP contribution in [0.15, 0.2) is 29.6 Å². The van der Waals surface area contributed by atoms with Crippen LogP contribution in [0.4, 0.5) is 0 Å². The van der Waals surface area contributed by atoms with Gasteiger partial charge < -0.3 is 0 Å². The first-order valence-corrected chi connectivity index (χ1v) is 4.86. The molecule has 15 heavy (non-hydrogen) atoms. The number of amides is 1. The van der Waals surface area contributed by atoms with Crippen LogP contribution in [0.3, 0.4) is 0 Å². The zero-order chi connectivity index (χ0) is 11.3. The van der Waals surface area contributed by atoms with Crippen LogP contribution < -0.4 is 5.43 Å². The summed E-state index contributed by atoms with van der Waals surface area (Å²) in [6.07, 6.45) is 3.13. The number of hydrogen-bond donors (Lipinski definition) is 1. The maximum absolute atomic E-state index is 11.5. The highest BCUT2D eigenvalue weighted by molar-refractivity contribution is 5.95. The number of aromatic nitrogens is 1. The highest BCUT2D eigenvalue weighted by Crippen LogP contribution is 1.97. The minimum Gasteiger partial charge on any atom is -0.267 e. The second kappa shape index (κ2) is 5.24. The first kappa shape index (κ1) is 11.4. The van der Waals surface area contributed by atoms with Crippen LogP contribution >= 0.6 is 0 Å². The second-order valence-electron chi connectivity index (χ2n) is 3.59. The van der Waals surface area contributed by atoms with Crippen molar-refractivity contribution in [3.8, 4) is 0 Å². The Morgan fingerprint density at radius 1 is 1.53 bits per heavy atom. The third-order valence-corrected chi connectivity index (χ3v) is 2.09. The molecule has 1 N–H and O–H groups in total. The fourth-order valence-electron chi connectivity index (χ4n) is 0.830. The Kier molecular flexibility index (Phi) is 3.97. The normalized spacial score (nSPS) is 11.6. The molecule has 0 aliphatic heterocycles. The van der Waals surface area contributed by atoms with E-state index in [0.29, 0.717) is 11.5 Å². The van der Waals surface area contributed by atoms with E-state index in [-0.39, 0.29) is 5.91 Å². The van der Waals surface area contributed by atoms with Gasteiger partial charge in [0.15, 0.2) is 0 Å². The van der Waals surface area contributed by atoms with Crippen molar-refractivity contribution in [3.63, 3.8) is 0 Å². The summed E-state index contributed by atoms with van der Waals surface area (Å²) in [5.74, 6) is 0.0994. The zero-order valence-electron chi connectivity index (χ0n) is 9.19. The van der Waals surface area contributed by atoms with Gasteiger partial charge in [-0.15, -0.1) is 0 Å². The molecule has 0 spiro atoms. The molecular weight excluding hydrogens is 190 g/mol. The zero-order valence-corrected chi connectivity index (χ0v) is 9.19. The molecule has 1 rings (SSSR count). The van der Waals surface area contributed by atoms with Crippen molar-refractivity contribution in [2.45, 2.75) is 20.8 Å². The van der Waals surface area contributed by atoms with Crippen LogP contribution in [0, 0.1) is 5.92 Å². The van der Waals surface area contributed by atoms with Gasteiger partial charge in [-0.25, -0.2) is 5.43 Å². The lowest BCUT2D eigenvalue weighted by atomic mass is 10.1. The third-order valence-electron chi connectivity index (χ3n) is 2.09. The van der Waals surface area contributed by atoms with Crippen molar-refractivity contribution in [3.05, 3.63) is 30.1 Å². The molecule has 1 heterocycles. The Hall–Kier alpha value is -1.71. The fraction of sp³-hybridized carbons (Fsp3) is 0.364. The first-order chi connectivity index (χ1) is 7.11. The predicted molar refractivity (Wildman–Crippen MR) is 59.7 cm³/mol. The number of rotatable bonds is 3. The Morgan fingerprint density at radius 3 is 2.80 bits per heavy atom. The molecule has 0 saturated heterocycles. The van der Waals surface area contributed by atoms with E-state index in [1.54, 1.807) is 18.3 Å². The summed E-state index contributed by atoms with van der Waals surface area (Å²) in [6.45, 7) is 5.93. The van der Waals surface area contributed by atoms with E-state index in [2.05, 4.69) is 15.5 Å². The minimum atomic E-state index is -0.233. The van der Waals surface area contributed by atoms with Gasteiger partial charge in [-0.3, -0.25) is 9.78 Å². The number of nitrogens with one attached hydrogen (secondary N) is 1. The smallest absolute Gasteiger partial charge is 0.267 e. The van der Waals surface area contributed by atoms with Gasteiger partial charge in [0, 0.05) is 18.1 Å². The maximum Gasteiger partial charge on any atom is 0.272 e. The van der Waals surface area contributed by atoms with Crippen LogP contribution in [0.2, 0.25) is 0 Å². The molecule has 0 unspecified atom stereocenters. The molecule has 1 aromatic rings. The van der Waals surface area contributed by atoms with Gasteiger partial charge in [0.05, 0.1) is 5.56 Å². The van der Waals surface area contributed by atoms with E-state index in [1.165, 1.54) is 6.20 Å². The van der Waals surface area contributed by atoms with Crippen molar-refractivity contribution in [1.82, 2.24) is 10.4 Å². The fourth-order valence-corrected chi connectivity index (χ4v) is 0.830. The highest BCUT2D eigenvalue weighted by atomic mass is 16.2. The number of carbonyl (C=O) groups is 1. The Labute approximate surface area is 89.4 Å². The standard InChI is InChI=1S/C11H15N3O/c1-8(2)9(3)13-14-11(15)10-5-4-6-12-7-10/h4-8H,1-3H3,(H,14,15)/b13-9+. The molecule has 4 heteroatoms. The van der Waals surface area contributed by atoms with E-state index >= 15 is 0 Å². The topological polar surface area (TPSA) is 54.4 Å². The summed E-state index contributed by atoms with van der Waals surface area (Å²) in [5, 5.41) is 3.99. The van der Waals surface area contributed by atoms with E-state index in [4.69, 9.17) is 0 Å². The summed E-state index contributed by atoms with van der Waals surface area (Å²) in [4.78, 5) is 15.4. The van der Waals surface area contributed by atoms with Crippen molar-refractivity contribution in [1.29, 1.82) is 0 Å². The second-order valence-corrected chi connectivity index (χ2v) is 3.59. The Balaban J connectivity index is 2.62. The molecular formula is C11H15N3O. The summed E-state index contributed by atoms with van der Waals surface area (Å²) in [6, 6.07) is 3.41. The number of carbonyl (C=O) groups excluding carboxylic acids is 1. The van der Waals surface area contributed by atoms with Crippen molar-refractivity contribution >= 4 is 11.6 Å². The Morgan fingerprint density at radius 2 is 2.27 bits per heavy atom. The average molecular weight is 205 g/mol. The summed E-state index contributed by atoms with van der Waals surface area (Å²) < 4.78 is 0. The van der Waals surface area contributed by atoms with Gasteiger partial charge in [0.25, 0.3) is 5.91 Å². The first-order valence-electron chi connectivity index (χ1n) is 4.86. The van der Waals surface area contributed by atoms with E-state index in [0.717, 1.165) is 5.71 Å². The number of hydrazone groups is 1. The highest BCUT2D eigenvalue weighted by Gasteiger charge is 2.04. The van der Waals surface area contributed by atoms with Gasteiger partial charge in [0.1, 0.15) is 0 Å². The molecule has 0 aromatic carbocycles. The quantitative estimate of drug-likeness (QED) is 0.604. The molecule has 0 saturated carbocycles. The monoisotopic (exact) mass is 205 g/mol.